The number of benzene rings is 1. The van der Waals surface area contributed by atoms with Gasteiger partial charge in [-0.05, 0) is 62.8 Å². The molecule has 0 aliphatic heterocycles. The molecule has 128 valence electrons. The summed E-state index contributed by atoms with van der Waals surface area (Å²) in [6, 6.07) is 8.30. The van der Waals surface area contributed by atoms with Crippen LogP contribution in [-0.2, 0) is 11.2 Å². The fourth-order valence-corrected chi connectivity index (χ4v) is 3.76. The summed E-state index contributed by atoms with van der Waals surface area (Å²) in [4.78, 5) is 17.7. The van der Waals surface area contributed by atoms with Crippen LogP contribution >= 0.6 is 0 Å². The van der Waals surface area contributed by atoms with Gasteiger partial charge in [-0.1, -0.05) is 19.4 Å². The summed E-state index contributed by atoms with van der Waals surface area (Å²) in [7, 11) is 1.76. The maximum atomic E-state index is 13.0. The summed E-state index contributed by atoms with van der Waals surface area (Å²) in [6.07, 6.45) is 6.26. The molecule has 0 atom stereocenters. The van der Waals surface area contributed by atoms with E-state index >= 15 is 0 Å². The number of aromatic nitrogens is 1. The van der Waals surface area contributed by atoms with E-state index in [1.807, 2.05) is 13.0 Å². The minimum Gasteiger partial charge on any atom is -0.381 e. The Kier molecular flexibility index (Phi) is 5.30. The first-order valence-corrected chi connectivity index (χ1v) is 9.09. The van der Waals surface area contributed by atoms with E-state index in [1.54, 1.807) is 7.11 Å². The number of rotatable bonds is 5. The highest BCUT2D eigenvalue weighted by molar-refractivity contribution is 6.02. The van der Waals surface area contributed by atoms with Gasteiger partial charge in [-0.25, -0.2) is 0 Å². The highest BCUT2D eigenvalue weighted by Gasteiger charge is 2.27. The SMILES string of the molecule is CCCc1ccc2cc(C(=O)C3CCC(OC)CC3)c(C)cc2n1. The van der Waals surface area contributed by atoms with Gasteiger partial charge in [0.25, 0.3) is 0 Å². The lowest BCUT2D eigenvalue weighted by Gasteiger charge is -2.27. The number of hydrogen-bond donors (Lipinski definition) is 0. The first-order valence-electron chi connectivity index (χ1n) is 9.09. The first kappa shape index (κ1) is 17.1. The monoisotopic (exact) mass is 325 g/mol. The smallest absolute Gasteiger partial charge is 0.166 e. The number of ether oxygens (including phenoxy) is 1. The summed E-state index contributed by atoms with van der Waals surface area (Å²) in [5, 5.41) is 1.06. The van der Waals surface area contributed by atoms with E-state index in [2.05, 4.69) is 25.1 Å². The molecule has 1 fully saturated rings. The van der Waals surface area contributed by atoms with E-state index in [0.717, 1.165) is 66.2 Å². The van der Waals surface area contributed by atoms with Gasteiger partial charge in [0.15, 0.2) is 5.78 Å². The van der Waals surface area contributed by atoms with E-state index in [4.69, 9.17) is 9.72 Å². The standard InChI is InChI=1S/C21H27NO2/c1-4-5-17-9-6-16-13-19(14(2)12-20(16)22-17)21(23)15-7-10-18(24-3)11-8-15/h6,9,12-13,15,18H,4-5,7-8,10-11H2,1-3H3. The molecule has 0 bridgehead atoms. The van der Waals surface area contributed by atoms with Crippen LogP contribution in [0.25, 0.3) is 10.9 Å². The number of fused-ring (bicyclic) bond motifs is 1. The van der Waals surface area contributed by atoms with Gasteiger partial charge in [-0.15, -0.1) is 0 Å². The number of hydrogen-bond acceptors (Lipinski definition) is 3. The molecule has 0 saturated heterocycles. The zero-order chi connectivity index (χ0) is 17.1. The zero-order valence-electron chi connectivity index (χ0n) is 15.0. The molecule has 1 aromatic carbocycles. The minimum absolute atomic E-state index is 0.139. The van der Waals surface area contributed by atoms with E-state index in [1.165, 1.54) is 0 Å². The molecule has 0 radical (unpaired) electrons. The van der Waals surface area contributed by atoms with Crippen molar-refractivity contribution >= 4 is 16.7 Å². The Balaban J connectivity index is 1.85. The molecular formula is C21H27NO2. The Morgan fingerprint density at radius 2 is 1.96 bits per heavy atom. The second-order valence-electron chi connectivity index (χ2n) is 6.99. The van der Waals surface area contributed by atoms with E-state index in [9.17, 15) is 4.79 Å². The number of carbonyl (C=O) groups excluding carboxylic acids is 1. The van der Waals surface area contributed by atoms with Gasteiger partial charge in [0, 0.05) is 29.7 Å². The van der Waals surface area contributed by atoms with E-state index in [-0.39, 0.29) is 5.92 Å². The van der Waals surface area contributed by atoms with Gasteiger partial charge in [0.1, 0.15) is 0 Å². The molecule has 0 N–H and O–H groups in total. The number of carbonyl (C=O) groups is 1. The predicted octanol–water partition coefficient (Wildman–Crippen LogP) is 4.88. The average Bonchev–Trinajstić information content (AvgIpc) is 2.61. The Labute approximate surface area is 144 Å². The molecule has 1 saturated carbocycles. The maximum absolute atomic E-state index is 13.0. The molecule has 3 nitrogen and oxygen atoms in total. The molecular weight excluding hydrogens is 298 g/mol. The van der Waals surface area contributed by atoms with Crippen molar-refractivity contribution in [1.82, 2.24) is 4.98 Å². The van der Waals surface area contributed by atoms with Crippen LogP contribution in [-0.4, -0.2) is 24.0 Å². The molecule has 24 heavy (non-hydrogen) atoms. The number of Topliss-reactive ketones (excluding diaryl/α,β-unsaturated/α-hetero) is 1. The van der Waals surface area contributed by atoms with Crippen molar-refractivity contribution in [2.75, 3.05) is 7.11 Å². The van der Waals surface area contributed by atoms with Crippen molar-refractivity contribution < 1.29 is 9.53 Å². The van der Waals surface area contributed by atoms with Crippen LogP contribution in [0.3, 0.4) is 0 Å². The minimum atomic E-state index is 0.139. The largest absolute Gasteiger partial charge is 0.381 e. The Morgan fingerprint density at radius 3 is 2.62 bits per heavy atom. The third-order valence-electron chi connectivity index (χ3n) is 5.24. The quantitative estimate of drug-likeness (QED) is 0.735. The van der Waals surface area contributed by atoms with Crippen LogP contribution in [0.4, 0.5) is 0 Å². The van der Waals surface area contributed by atoms with Gasteiger partial charge in [0.05, 0.1) is 11.6 Å². The van der Waals surface area contributed by atoms with Crippen molar-refractivity contribution in [3.05, 3.63) is 41.1 Å². The number of pyridine rings is 1. The Hall–Kier alpha value is -1.74. The fraction of sp³-hybridized carbons (Fsp3) is 0.524. The van der Waals surface area contributed by atoms with Gasteiger partial charge < -0.3 is 4.74 Å². The molecule has 1 aromatic heterocycles. The van der Waals surface area contributed by atoms with Gasteiger partial charge in [0.2, 0.25) is 0 Å². The van der Waals surface area contributed by atoms with Crippen LogP contribution in [0, 0.1) is 12.8 Å². The second kappa shape index (κ2) is 7.43. The van der Waals surface area contributed by atoms with Crippen LogP contribution in [0.5, 0.6) is 0 Å². The molecule has 3 heteroatoms. The van der Waals surface area contributed by atoms with Crippen molar-refractivity contribution in [2.45, 2.75) is 58.5 Å². The van der Waals surface area contributed by atoms with Crippen LogP contribution in [0.2, 0.25) is 0 Å². The molecule has 1 aliphatic carbocycles. The molecule has 0 amide bonds. The number of ketones is 1. The molecule has 2 aromatic rings. The van der Waals surface area contributed by atoms with Gasteiger partial charge in [-0.2, -0.15) is 0 Å². The summed E-state index contributed by atoms with van der Waals surface area (Å²) in [6.45, 7) is 4.19. The molecule has 3 rings (SSSR count). The van der Waals surface area contributed by atoms with E-state index < -0.39 is 0 Å². The van der Waals surface area contributed by atoms with Gasteiger partial charge in [-0.3, -0.25) is 9.78 Å². The number of methoxy groups -OCH3 is 1. The highest BCUT2D eigenvalue weighted by atomic mass is 16.5. The third-order valence-corrected chi connectivity index (χ3v) is 5.24. The lowest BCUT2D eigenvalue weighted by molar-refractivity contribution is 0.0519. The normalized spacial score (nSPS) is 21.1. The second-order valence-corrected chi connectivity index (χ2v) is 6.99. The maximum Gasteiger partial charge on any atom is 0.166 e. The zero-order valence-corrected chi connectivity index (χ0v) is 15.0. The van der Waals surface area contributed by atoms with Crippen molar-refractivity contribution in [1.29, 1.82) is 0 Å². The fourth-order valence-electron chi connectivity index (χ4n) is 3.76. The summed E-state index contributed by atoms with van der Waals surface area (Å²) >= 11 is 0. The van der Waals surface area contributed by atoms with Crippen LogP contribution < -0.4 is 0 Å². The molecule has 1 heterocycles. The summed E-state index contributed by atoms with van der Waals surface area (Å²) < 4.78 is 5.42. The summed E-state index contributed by atoms with van der Waals surface area (Å²) in [5.74, 6) is 0.432. The van der Waals surface area contributed by atoms with Crippen molar-refractivity contribution in [3.63, 3.8) is 0 Å². The van der Waals surface area contributed by atoms with Crippen molar-refractivity contribution in [3.8, 4) is 0 Å². The average molecular weight is 325 g/mol. The summed E-state index contributed by atoms with van der Waals surface area (Å²) in [5.41, 5.74) is 4.04. The Morgan fingerprint density at radius 1 is 1.21 bits per heavy atom. The van der Waals surface area contributed by atoms with E-state index in [0.29, 0.717) is 11.9 Å². The Bertz CT molecular complexity index is 730. The lowest BCUT2D eigenvalue weighted by atomic mass is 9.81. The lowest BCUT2D eigenvalue weighted by Crippen LogP contribution is -2.26. The first-order chi connectivity index (χ1) is 11.6. The number of aryl methyl sites for hydroxylation is 2. The molecule has 0 unspecified atom stereocenters. The molecule has 1 aliphatic rings. The highest BCUT2D eigenvalue weighted by Crippen LogP contribution is 2.30. The predicted molar refractivity (Wildman–Crippen MR) is 97.6 cm³/mol. The van der Waals surface area contributed by atoms with Crippen molar-refractivity contribution in [2.24, 2.45) is 5.92 Å². The van der Waals surface area contributed by atoms with Gasteiger partial charge >= 0.3 is 0 Å². The topological polar surface area (TPSA) is 39.2 Å². The van der Waals surface area contributed by atoms with Crippen LogP contribution in [0.1, 0.15) is 60.6 Å². The number of nitrogens with zero attached hydrogens (tertiary/aromatic N) is 1. The molecule has 0 spiro atoms. The van der Waals surface area contributed by atoms with Crippen LogP contribution in [0.15, 0.2) is 24.3 Å². The third kappa shape index (κ3) is 3.51.